The molecule has 0 aromatic carbocycles. The lowest BCUT2D eigenvalue weighted by Crippen LogP contribution is -2.33. The van der Waals surface area contributed by atoms with Gasteiger partial charge in [0.05, 0.1) is 6.20 Å². The van der Waals surface area contributed by atoms with Crippen molar-refractivity contribution in [1.29, 1.82) is 0 Å². The second-order valence-corrected chi connectivity index (χ2v) is 4.08. The maximum Gasteiger partial charge on any atom is 0.223 e. The zero-order chi connectivity index (χ0) is 10.4. The Hall–Kier alpha value is -1.36. The van der Waals surface area contributed by atoms with Crippen LogP contribution in [0, 0.1) is 0 Å². The first-order valence-corrected chi connectivity index (χ1v) is 5.22. The van der Waals surface area contributed by atoms with Crippen molar-refractivity contribution in [3.8, 4) is 11.5 Å². The minimum atomic E-state index is 0.428. The van der Waals surface area contributed by atoms with Crippen molar-refractivity contribution in [3.05, 3.63) is 17.8 Å². The number of rotatable bonds is 2. The summed E-state index contributed by atoms with van der Waals surface area (Å²) in [5, 5.41) is 2.51. The number of nitrogens with zero attached hydrogens (tertiary/aromatic N) is 5. The maximum atomic E-state index is 6.07. The summed E-state index contributed by atoms with van der Waals surface area (Å²) in [5.74, 6) is 0.598. The Morgan fingerprint density at radius 2 is 2.27 bits per heavy atom. The highest BCUT2D eigenvalue weighted by Gasteiger charge is 2.28. The summed E-state index contributed by atoms with van der Waals surface area (Å²) >= 11 is 6.07. The van der Waals surface area contributed by atoms with Crippen molar-refractivity contribution >= 4 is 11.6 Å². The summed E-state index contributed by atoms with van der Waals surface area (Å²) < 4.78 is 1.83. The minimum Gasteiger partial charge on any atom is -0.311 e. The summed E-state index contributed by atoms with van der Waals surface area (Å²) in [6, 6.07) is 0.578. The highest BCUT2D eigenvalue weighted by atomic mass is 35.5. The van der Waals surface area contributed by atoms with Gasteiger partial charge in [-0.25, -0.2) is 14.6 Å². The first-order valence-electron chi connectivity index (χ1n) is 4.84. The van der Waals surface area contributed by atoms with Crippen LogP contribution in [0.4, 0.5) is 0 Å². The topological polar surface area (TPSA) is 46.8 Å². The molecule has 0 aromatic rings. The summed E-state index contributed by atoms with van der Waals surface area (Å²) in [4.78, 5) is 12.3. The van der Waals surface area contributed by atoms with Gasteiger partial charge in [-0.05, 0) is 24.4 Å². The van der Waals surface area contributed by atoms with Crippen LogP contribution in [0.1, 0.15) is 12.8 Å². The average Bonchev–Trinajstić information content (AvgIpc) is 2.97. The Bertz CT molecular complexity index is 464. The van der Waals surface area contributed by atoms with Crippen LogP contribution in [-0.2, 0) is 0 Å². The fraction of sp³-hybridized carbons (Fsp3) is 0.444. The van der Waals surface area contributed by atoms with E-state index in [-0.39, 0.29) is 0 Å². The van der Waals surface area contributed by atoms with Gasteiger partial charge < -0.3 is 5.01 Å². The first-order chi connectivity index (χ1) is 7.25. The quantitative estimate of drug-likeness (QED) is 0.717. The molecule has 1 aliphatic carbocycles. The molecule has 3 aliphatic rings. The summed E-state index contributed by atoms with van der Waals surface area (Å²) in [6.45, 7) is 0. The fourth-order valence-electron chi connectivity index (χ4n) is 1.60. The van der Waals surface area contributed by atoms with Gasteiger partial charge in [0.25, 0.3) is 0 Å². The van der Waals surface area contributed by atoms with Gasteiger partial charge in [0, 0.05) is 13.1 Å². The third kappa shape index (κ3) is 1.43. The lowest BCUT2D eigenvalue weighted by molar-refractivity contribution is 0.629. The molecule has 0 radical (unpaired) electrons. The van der Waals surface area contributed by atoms with Crippen LogP contribution in [-0.4, -0.2) is 32.7 Å². The second-order valence-electron chi connectivity index (χ2n) is 3.74. The monoisotopic (exact) mass is 223 g/mol. The highest BCUT2D eigenvalue weighted by molar-refractivity contribution is 6.28. The van der Waals surface area contributed by atoms with E-state index in [0.29, 0.717) is 17.1 Å². The molecule has 0 unspecified atom stereocenters. The maximum absolute atomic E-state index is 6.07. The minimum absolute atomic E-state index is 0.428. The Balaban J connectivity index is 2.09. The van der Waals surface area contributed by atoms with Crippen LogP contribution < -0.4 is 5.01 Å². The first kappa shape index (κ1) is 8.91. The molecule has 2 aliphatic heterocycles. The Kier molecular flexibility index (Phi) is 1.82. The van der Waals surface area contributed by atoms with Crippen LogP contribution >= 0.6 is 11.6 Å². The molecule has 0 aromatic heterocycles. The van der Waals surface area contributed by atoms with Crippen molar-refractivity contribution in [2.45, 2.75) is 18.9 Å². The zero-order valence-corrected chi connectivity index (χ0v) is 9.02. The van der Waals surface area contributed by atoms with Crippen LogP contribution in [0.25, 0.3) is 11.5 Å². The normalized spacial score (nSPS) is 15.9. The molecule has 3 rings (SSSR count). The molecule has 0 spiro atoms. The molecule has 1 fully saturated rings. The van der Waals surface area contributed by atoms with Crippen molar-refractivity contribution in [3.63, 3.8) is 0 Å². The van der Waals surface area contributed by atoms with Gasteiger partial charge in [-0.1, -0.05) is 0 Å². The molecule has 5 nitrogen and oxygen atoms in total. The van der Waals surface area contributed by atoms with Crippen LogP contribution in [0.3, 0.4) is 0 Å². The molecule has 0 bridgehead atoms. The standard InChI is InChI=1S/C9H10ClN5/c1-14(6-2-3-6)15-4-7-8(12-5-11-7)13-9(15)10/h4-6H,2-3H2,1H3. The molecule has 1 saturated carbocycles. The molecule has 15 heavy (non-hydrogen) atoms. The number of halogens is 1. The number of fused-ring (bicyclic) bond motifs is 1. The van der Waals surface area contributed by atoms with E-state index in [0.717, 1.165) is 5.69 Å². The second kappa shape index (κ2) is 3.06. The van der Waals surface area contributed by atoms with Gasteiger partial charge >= 0.3 is 0 Å². The molecule has 78 valence electrons. The van der Waals surface area contributed by atoms with E-state index in [1.165, 1.54) is 19.2 Å². The van der Waals surface area contributed by atoms with Crippen molar-refractivity contribution < 1.29 is 0 Å². The van der Waals surface area contributed by atoms with Gasteiger partial charge in [0.1, 0.15) is 12.0 Å². The smallest absolute Gasteiger partial charge is 0.223 e. The average molecular weight is 224 g/mol. The fourth-order valence-corrected chi connectivity index (χ4v) is 1.85. The van der Waals surface area contributed by atoms with Crippen molar-refractivity contribution in [2.24, 2.45) is 0 Å². The van der Waals surface area contributed by atoms with Gasteiger partial charge in [-0.3, -0.25) is 0 Å². The van der Waals surface area contributed by atoms with E-state index >= 15 is 0 Å². The third-order valence-electron chi connectivity index (χ3n) is 2.65. The third-order valence-corrected chi connectivity index (χ3v) is 2.91. The van der Waals surface area contributed by atoms with Crippen molar-refractivity contribution in [1.82, 2.24) is 19.6 Å². The highest BCUT2D eigenvalue weighted by Crippen LogP contribution is 2.26. The SMILES string of the molecule is CN(C1CC1)n1cc2ncnc-2nc1Cl. The zero-order valence-electron chi connectivity index (χ0n) is 8.26. The molecule has 0 atom stereocenters. The molecular formula is C9H10ClN5. The summed E-state index contributed by atoms with van der Waals surface area (Å²) in [6.07, 6.45) is 5.79. The predicted octanol–water partition coefficient (Wildman–Crippen LogP) is 1.16. The Labute approximate surface area is 92.0 Å². The van der Waals surface area contributed by atoms with E-state index in [1.807, 2.05) is 17.9 Å². The predicted molar refractivity (Wildman–Crippen MR) is 56.6 cm³/mol. The number of aromatic nitrogens is 4. The van der Waals surface area contributed by atoms with Crippen molar-refractivity contribution in [2.75, 3.05) is 12.1 Å². The Morgan fingerprint density at radius 3 is 3.00 bits per heavy atom. The molecular weight excluding hydrogens is 214 g/mol. The van der Waals surface area contributed by atoms with Gasteiger partial charge in [0.2, 0.25) is 5.28 Å². The summed E-state index contributed by atoms with van der Waals surface area (Å²) in [5.41, 5.74) is 0.770. The van der Waals surface area contributed by atoms with E-state index in [2.05, 4.69) is 20.0 Å². The number of hydrogen-bond acceptors (Lipinski definition) is 4. The molecule has 0 saturated heterocycles. The van der Waals surface area contributed by atoms with Crippen LogP contribution in [0.15, 0.2) is 12.5 Å². The largest absolute Gasteiger partial charge is 0.311 e. The van der Waals surface area contributed by atoms with Gasteiger partial charge in [-0.2, -0.15) is 4.98 Å². The molecule has 2 heterocycles. The van der Waals surface area contributed by atoms with Crippen LogP contribution in [0.2, 0.25) is 5.28 Å². The van der Waals surface area contributed by atoms with E-state index in [4.69, 9.17) is 11.6 Å². The molecule has 0 amide bonds. The lowest BCUT2D eigenvalue weighted by Gasteiger charge is -2.23. The van der Waals surface area contributed by atoms with Crippen LogP contribution in [0.5, 0.6) is 0 Å². The van der Waals surface area contributed by atoms with E-state index in [1.54, 1.807) is 0 Å². The number of hydrogen-bond donors (Lipinski definition) is 0. The van der Waals surface area contributed by atoms with E-state index < -0.39 is 0 Å². The Morgan fingerprint density at radius 1 is 1.47 bits per heavy atom. The van der Waals surface area contributed by atoms with Gasteiger partial charge in [0.15, 0.2) is 5.82 Å². The number of imidazole rings is 1. The lowest BCUT2D eigenvalue weighted by atomic mass is 10.4. The molecule has 0 N–H and O–H groups in total. The summed E-state index contributed by atoms with van der Waals surface area (Å²) in [7, 11) is 2.01. The van der Waals surface area contributed by atoms with E-state index in [9.17, 15) is 0 Å². The molecule has 6 heteroatoms. The van der Waals surface area contributed by atoms with Gasteiger partial charge in [-0.15, -0.1) is 0 Å².